The summed E-state index contributed by atoms with van der Waals surface area (Å²) in [5, 5.41) is 23.7. The zero-order valence-corrected chi connectivity index (χ0v) is 44.0. The first-order valence-electron chi connectivity index (χ1n) is 19.5. The molecule has 3 aromatic carbocycles. The first-order valence-corrected chi connectivity index (χ1v) is 34.5. The molecule has 7 nitrogen and oxygen atoms in total. The van der Waals surface area contributed by atoms with Crippen molar-refractivity contribution in [2.45, 2.75) is 99.8 Å². The molecule has 0 saturated carbocycles. The predicted octanol–water partition coefficient (Wildman–Crippen LogP) is 11.5. The van der Waals surface area contributed by atoms with E-state index >= 15 is 0 Å². The van der Waals surface area contributed by atoms with Crippen molar-refractivity contribution in [2.24, 2.45) is 0 Å². The molecular weight excluding hydrogens is 1220 g/mol. The van der Waals surface area contributed by atoms with Gasteiger partial charge in [0.2, 0.25) is 0 Å². The van der Waals surface area contributed by atoms with Crippen molar-refractivity contribution < 1.29 is 29.3 Å². The molecule has 0 aromatic heterocycles. The SMILES string of the molecule is C.CCI.COc1ccc2c(c1)[C@@]13C=CCC[C@@]1(O)C(C2)N(C)CC3.COc1ccc2c(c1Oc1ccccc1)[C@@]13C=CCC[C@@]1(O)C(C2)N(C)CC3.[CH3-].[I][V]([I])[I]. The number of alkyl halides is 1. The minimum absolute atomic E-state index is 0. The first-order chi connectivity index (χ1) is 26.8. The Hall–Kier alpha value is -0.116. The molecule has 58 heavy (non-hydrogen) atoms. The van der Waals surface area contributed by atoms with E-state index in [9.17, 15) is 10.2 Å². The molecule has 6 atom stereocenters. The van der Waals surface area contributed by atoms with Gasteiger partial charge in [0.05, 0.1) is 25.4 Å². The van der Waals surface area contributed by atoms with Crippen LogP contribution in [0.25, 0.3) is 0 Å². The van der Waals surface area contributed by atoms with E-state index in [-0.39, 0.29) is 37.3 Å². The van der Waals surface area contributed by atoms with Crippen molar-refractivity contribution in [3.63, 3.8) is 0 Å². The number of methoxy groups -OCH3 is 2. The van der Waals surface area contributed by atoms with Crippen molar-refractivity contribution in [2.75, 3.05) is 45.8 Å². The summed E-state index contributed by atoms with van der Waals surface area (Å²) in [4.78, 5) is 4.41. The standard InChI is InChI=1S/C24H27NO3.C18H23NO2.C2H5I.CH4.CH3.3HI.V/c1-25-15-14-23-12-6-7-13-24(23,26)20(25)16-17-10-11-19(27-2)22(21(17)23)28-18-8-4-3-5-9-18;1-19-10-9-17-7-3-4-8-18(17,20)16(19)11-13-5-6-14(21-2)12-15(13)17;1-2-3;;;;;;/h3-6,8-12,20,26H,7,13-16H2,1-2H3;3,5-7,12,16,20H,4,8-11H2,1-2H3;2H2,1H3;1H4;1H3;3*1H;/q;;;;-1;;;;+3/p-3/t20?,23-,24+;16?,17-,18+;;;;;;;/m00......./s1. The van der Waals surface area contributed by atoms with Gasteiger partial charge in [0.25, 0.3) is 0 Å². The number of rotatable bonds is 4. The van der Waals surface area contributed by atoms with Crippen molar-refractivity contribution in [3.8, 4) is 23.0 Å². The van der Waals surface area contributed by atoms with E-state index in [0.29, 0.717) is 0 Å². The average molecular weight is 1280 g/mol. The molecule has 12 heteroatoms. The number of benzene rings is 3. The van der Waals surface area contributed by atoms with E-state index in [2.05, 4.69) is 156 Å². The monoisotopic (exact) mass is 1280 g/mol. The second-order valence-corrected chi connectivity index (χ2v) is 52.5. The summed E-state index contributed by atoms with van der Waals surface area (Å²) in [6.45, 7) is 4.10. The van der Waals surface area contributed by atoms with Gasteiger partial charge in [0.15, 0.2) is 11.5 Å². The summed E-state index contributed by atoms with van der Waals surface area (Å²) in [5.74, 6) is 3.14. The van der Waals surface area contributed by atoms with Gasteiger partial charge >= 0.3 is 64.9 Å². The fraction of sp³-hybridized carbons (Fsp3) is 0.500. The Morgan fingerprint density at radius 1 is 0.741 bits per heavy atom. The number of piperidine rings is 2. The molecule has 4 bridgehead atoms. The molecule has 0 amide bonds. The quantitative estimate of drug-likeness (QED) is 0.117. The van der Waals surface area contributed by atoms with Gasteiger partial charge in [0.1, 0.15) is 11.5 Å². The molecule has 3 aromatic rings. The molecule has 6 aliphatic rings. The molecule has 320 valence electrons. The van der Waals surface area contributed by atoms with Crippen LogP contribution in [-0.2, 0) is 28.6 Å². The molecule has 2 unspecified atom stereocenters. The molecule has 2 aliphatic heterocycles. The zero-order chi connectivity index (χ0) is 40.3. The Morgan fingerprint density at radius 3 is 1.83 bits per heavy atom. The predicted molar refractivity (Wildman–Crippen MR) is 272 cm³/mol. The van der Waals surface area contributed by atoms with E-state index in [0.717, 1.165) is 93.0 Å². The van der Waals surface area contributed by atoms with Gasteiger partial charge in [-0.3, -0.25) is 0 Å². The number of aliphatic hydroxyl groups is 2. The third kappa shape index (κ3) is 9.39. The number of allylic oxidation sites excluding steroid dienone is 2. The van der Waals surface area contributed by atoms with E-state index in [1.807, 2.05) is 42.5 Å². The van der Waals surface area contributed by atoms with E-state index in [1.165, 1.54) is 21.1 Å². The topological polar surface area (TPSA) is 74.6 Å². The zero-order valence-electron chi connectivity index (χ0n) is 34.0. The van der Waals surface area contributed by atoms with Crippen LogP contribution in [-0.4, -0.2) is 89.1 Å². The number of nitrogens with zero attached hydrogens (tertiary/aromatic N) is 2. The molecule has 9 rings (SSSR count). The van der Waals surface area contributed by atoms with Crippen LogP contribution in [0.5, 0.6) is 23.0 Å². The average Bonchev–Trinajstić information content (AvgIpc) is 3.18. The number of hydrogen-bond acceptors (Lipinski definition) is 7. The molecule has 2 fully saturated rings. The second kappa shape index (κ2) is 21.5. The number of likely N-dealkylation sites (N-methyl/N-ethyl adjacent to an activating group) is 2. The third-order valence-corrected chi connectivity index (χ3v) is 13.1. The Balaban J connectivity index is 0.000000220. The van der Waals surface area contributed by atoms with E-state index in [1.54, 1.807) is 14.2 Å². The second-order valence-electron chi connectivity index (χ2n) is 15.6. The Bertz CT molecular complexity index is 1880. The number of hydrogen-bond donors (Lipinski definition) is 2. The summed E-state index contributed by atoms with van der Waals surface area (Å²) in [7, 11) is 7.68. The summed E-state index contributed by atoms with van der Waals surface area (Å²) >= 11 is 9.68. The Kier molecular flexibility index (Phi) is 18.7. The summed E-state index contributed by atoms with van der Waals surface area (Å²) in [6.07, 6.45) is 16.2. The Morgan fingerprint density at radius 2 is 1.26 bits per heavy atom. The van der Waals surface area contributed by atoms with Crippen LogP contribution in [0, 0.1) is 7.43 Å². The molecular formula is C46H62I4N2O5V-. The minimum atomic E-state index is -0.789. The normalized spacial score (nSPS) is 29.6. The van der Waals surface area contributed by atoms with Gasteiger partial charge in [-0.2, -0.15) is 0 Å². The van der Waals surface area contributed by atoms with Crippen LogP contribution in [0.1, 0.15) is 75.1 Å². The number of likely N-dealkylation sites (tertiary alicyclic amines) is 2. The van der Waals surface area contributed by atoms with Gasteiger partial charge in [-0.1, -0.05) is 91.6 Å². The van der Waals surface area contributed by atoms with Crippen LogP contribution in [0.4, 0.5) is 0 Å². The molecule has 4 aliphatic carbocycles. The fourth-order valence-corrected chi connectivity index (χ4v) is 10.5. The third-order valence-electron chi connectivity index (χ3n) is 13.1. The van der Waals surface area contributed by atoms with Gasteiger partial charge in [-0.15, -0.1) is 0 Å². The maximum atomic E-state index is 12.0. The Labute approximate surface area is 400 Å². The summed E-state index contributed by atoms with van der Waals surface area (Å²) in [5.41, 5.74) is 2.90. The first kappa shape index (κ1) is 50.5. The summed E-state index contributed by atoms with van der Waals surface area (Å²) in [6, 6.07) is 20.7. The maximum absolute atomic E-state index is 12.0. The molecule has 2 saturated heterocycles. The van der Waals surface area contributed by atoms with Gasteiger partial charge in [-0.05, 0) is 130 Å². The molecule has 0 spiro atoms. The van der Waals surface area contributed by atoms with Crippen LogP contribution < -0.4 is 14.2 Å². The van der Waals surface area contributed by atoms with E-state index in [4.69, 9.17) is 14.2 Å². The van der Waals surface area contributed by atoms with Crippen molar-refractivity contribution in [3.05, 3.63) is 115 Å². The van der Waals surface area contributed by atoms with Crippen LogP contribution in [0.15, 0.2) is 85.0 Å². The van der Waals surface area contributed by atoms with Crippen molar-refractivity contribution >= 4 is 82.5 Å². The van der Waals surface area contributed by atoms with Gasteiger partial charge in [0, 0.05) is 28.5 Å². The number of fused-ring (bicyclic) bond motifs is 2. The number of halogens is 4. The van der Waals surface area contributed by atoms with Crippen molar-refractivity contribution in [1.29, 1.82) is 0 Å². The van der Waals surface area contributed by atoms with Gasteiger partial charge in [-0.25, -0.2) is 0 Å². The number of ether oxygens (including phenoxy) is 3. The fourth-order valence-electron chi connectivity index (χ4n) is 10.5. The molecule has 2 N–H and O–H groups in total. The molecule has 2 heterocycles. The van der Waals surface area contributed by atoms with E-state index < -0.39 is 16.6 Å². The van der Waals surface area contributed by atoms with Crippen molar-refractivity contribution in [1.82, 2.24) is 9.80 Å². The van der Waals surface area contributed by atoms with Crippen LogP contribution in [0.3, 0.4) is 0 Å². The summed E-state index contributed by atoms with van der Waals surface area (Å²) < 4.78 is 18.8. The van der Waals surface area contributed by atoms with Crippen LogP contribution >= 0.6 is 82.5 Å². The molecule has 0 radical (unpaired) electrons. The van der Waals surface area contributed by atoms with Crippen LogP contribution in [0.2, 0.25) is 0 Å². The van der Waals surface area contributed by atoms with Gasteiger partial charge < -0.3 is 41.7 Å². The number of para-hydroxylation sites is 1.